The summed E-state index contributed by atoms with van der Waals surface area (Å²) in [6.45, 7) is 1.92. The normalized spacial score (nSPS) is 10.7. The van der Waals surface area contributed by atoms with Crippen LogP contribution >= 0.6 is 0 Å². The zero-order valence-electron chi connectivity index (χ0n) is 11.9. The van der Waals surface area contributed by atoms with Crippen molar-refractivity contribution < 1.29 is 31.5 Å². The van der Waals surface area contributed by atoms with Crippen LogP contribution < -0.4 is 4.74 Å². The molecular formula is C16H11F5O2. The van der Waals surface area contributed by atoms with E-state index in [0.29, 0.717) is 6.42 Å². The Morgan fingerprint density at radius 2 is 1.52 bits per heavy atom. The van der Waals surface area contributed by atoms with Crippen LogP contribution in [0.15, 0.2) is 24.3 Å². The number of carbonyl (C=O) groups is 1. The van der Waals surface area contributed by atoms with Gasteiger partial charge in [0.25, 0.3) is 0 Å². The minimum Gasteiger partial charge on any atom is -0.423 e. The van der Waals surface area contributed by atoms with Crippen molar-refractivity contribution in [2.75, 3.05) is 0 Å². The first kappa shape index (κ1) is 16.9. The van der Waals surface area contributed by atoms with Crippen LogP contribution in [0.1, 0.15) is 29.3 Å². The Hall–Kier alpha value is -2.44. The molecule has 2 aromatic rings. The van der Waals surface area contributed by atoms with Gasteiger partial charge in [-0.05, 0) is 24.1 Å². The molecule has 0 aliphatic heterocycles. The predicted octanol–water partition coefficient (Wildman–Crippen LogP) is 4.55. The number of ether oxygens (including phenoxy) is 1. The molecule has 23 heavy (non-hydrogen) atoms. The van der Waals surface area contributed by atoms with E-state index in [-0.39, 0.29) is 5.75 Å². The van der Waals surface area contributed by atoms with Crippen LogP contribution in [0.5, 0.6) is 5.75 Å². The van der Waals surface area contributed by atoms with Gasteiger partial charge in [-0.1, -0.05) is 25.5 Å². The summed E-state index contributed by atoms with van der Waals surface area (Å²) in [6.07, 6.45) is 1.49. The van der Waals surface area contributed by atoms with Gasteiger partial charge in [0.1, 0.15) is 11.3 Å². The van der Waals surface area contributed by atoms with Crippen molar-refractivity contribution in [1.82, 2.24) is 0 Å². The summed E-state index contributed by atoms with van der Waals surface area (Å²) in [5, 5.41) is 0. The highest BCUT2D eigenvalue weighted by Gasteiger charge is 2.30. The van der Waals surface area contributed by atoms with Crippen molar-refractivity contribution in [3.8, 4) is 5.75 Å². The van der Waals surface area contributed by atoms with Gasteiger partial charge in [0.15, 0.2) is 23.3 Å². The molecule has 0 saturated carbocycles. The van der Waals surface area contributed by atoms with Crippen molar-refractivity contribution in [3.63, 3.8) is 0 Å². The summed E-state index contributed by atoms with van der Waals surface area (Å²) in [6, 6.07) is 6.09. The molecule has 0 aliphatic rings. The Morgan fingerprint density at radius 1 is 0.957 bits per heavy atom. The van der Waals surface area contributed by atoms with E-state index in [2.05, 4.69) is 0 Å². The second-order valence-corrected chi connectivity index (χ2v) is 4.73. The number of aryl methyl sites for hydroxylation is 1. The molecule has 0 spiro atoms. The Balaban J connectivity index is 2.37. The van der Waals surface area contributed by atoms with E-state index in [1.165, 1.54) is 12.1 Å². The lowest BCUT2D eigenvalue weighted by Crippen LogP contribution is -2.17. The van der Waals surface area contributed by atoms with Crippen molar-refractivity contribution >= 4 is 5.97 Å². The summed E-state index contributed by atoms with van der Waals surface area (Å²) in [5.41, 5.74) is -0.822. The highest BCUT2D eigenvalue weighted by molar-refractivity contribution is 5.91. The van der Waals surface area contributed by atoms with Crippen molar-refractivity contribution in [2.24, 2.45) is 0 Å². The second-order valence-electron chi connectivity index (χ2n) is 4.73. The van der Waals surface area contributed by atoms with Crippen LogP contribution in [0.4, 0.5) is 22.0 Å². The van der Waals surface area contributed by atoms with Crippen LogP contribution in [0.2, 0.25) is 0 Å². The summed E-state index contributed by atoms with van der Waals surface area (Å²) in [7, 11) is 0. The maximum atomic E-state index is 13.5. The van der Waals surface area contributed by atoms with Crippen molar-refractivity contribution in [2.45, 2.75) is 19.8 Å². The highest BCUT2D eigenvalue weighted by atomic mass is 19.2. The fourth-order valence-corrected chi connectivity index (χ4v) is 2.00. The molecule has 2 nitrogen and oxygen atoms in total. The first-order valence-electron chi connectivity index (χ1n) is 6.69. The van der Waals surface area contributed by atoms with Gasteiger partial charge in [0.05, 0.1) is 0 Å². The monoisotopic (exact) mass is 330 g/mol. The lowest BCUT2D eigenvalue weighted by molar-refractivity contribution is 0.0721. The van der Waals surface area contributed by atoms with E-state index in [0.717, 1.165) is 12.0 Å². The Morgan fingerprint density at radius 3 is 2.09 bits per heavy atom. The average molecular weight is 330 g/mol. The van der Waals surface area contributed by atoms with Gasteiger partial charge in [0.2, 0.25) is 5.82 Å². The fraction of sp³-hybridized carbons (Fsp3) is 0.188. The van der Waals surface area contributed by atoms with Gasteiger partial charge in [-0.3, -0.25) is 0 Å². The van der Waals surface area contributed by atoms with Crippen molar-refractivity contribution in [1.29, 1.82) is 0 Å². The molecule has 0 unspecified atom stereocenters. The molecule has 0 atom stereocenters. The van der Waals surface area contributed by atoms with Crippen LogP contribution in [0, 0.1) is 29.1 Å². The molecule has 2 rings (SSSR count). The maximum absolute atomic E-state index is 13.5. The first-order valence-corrected chi connectivity index (χ1v) is 6.69. The molecule has 0 radical (unpaired) electrons. The maximum Gasteiger partial charge on any atom is 0.349 e. The van der Waals surface area contributed by atoms with E-state index in [1.54, 1.807) is 12.1 Å². The zero-order chi connectivity index (χ0) is 17.1. The molecule has 0 bridgehead atoms. The van der Waals surface area contributed by atoms with Crippen molar-refractivity contribution in [3.05, 3.63) is 64.5 Å². The Bertz CT molecular complexity index is 729. The third kappa shape index (κ3) is 3.33. The summed E-state index contributed by atoms with van der Waals surface area (Å²) >= 11 is 0. The minimum absolute atomic E-state index is 0.0510. The number of hydrogen-bond donors (Lipinski definition) is 0. The molecule has 7 heteroatoms. The highest BCUT2D eigenvalue weighted by Crippen LogP contribution is 2.25. The number of benzene rings is 2. The summed E-state index contributed by atoms with van der Waals surface area (Å²) < 4.78 is 70.9. The standard InChI is InChI=1S/C16H11F5O2/c1-2-4-8-5-3-6-9(7-8)23-16(22)10-11(17)13(19)15(21)14(20)12(10)18/h3,5-7H,2,4H2,1H3. The van der Waals surface area contributed by atoms with Gasteiger partial charge < -0.3 is 4.74 Å². The Kier molecular flexibility index (Phi) is 4.98. The second kappa shape index (κ2) is 6.76. The fourth-order valence-electron chi connectivity index (χ4n) is 2.00. The average Bonchev–Trinajstić information content (AvgIpc) is 2.52. The molecule has 0 heterocycles. The molecule has 0 fully saturated rings. The van der Waals surface area contributed by atoms with Crippen LogP contribution in [-0.2, 0) is 6.42 Å². The van der Waals surface area contributed by atoms with Crippen LogP contribution in [-0.4, -0.2) is 5.97 Å². The molecular weight excluding hydrogens is 319 g/mol. The molecule has 0 aliphatic carbocycles. The quantitative estimate of drug-likeness (QED) is 0.270. The summed E-state index contributed by atoms with van der Waals surface area (Å²) in [4.78, 5) is 11.8. The lowest BCUT2D eigenvalue weighted by atomic mass is 10.1. The van der Waals surface area contributed by atoms with Gasteiger partial charge in [-0.15, -0.1) is 0 Å². The molecule has 122 valence electrons. The smallest absolute Gasteiger partial charge is 0.349 e. The third-order valence-electron chi connectivity index (χ3n) is 3.06. The largest absolute Gasteiger partial charge is 0.423 e. The zero-order valence-corrected chi connectivity index (χ0v) is 11.9. The molecule has 0 N–H and O–H groups in total. The number of esters is 1. The first-order chi connectivity index (χ1) is 10.9. The van der Waals surface area contributed by atoms with Crippen LogP contribution in [0.3, 0.4) is 0 Å². The van der Waals surface area contributed by atoms with E-state index in [4.69, 9.17) is 4.74 Å². The van der Waals surface area contributed by atoms with Crippen LogP contribution in [0.25, 0.3) is 0 Å². The number of halogens is 5. The summed E-state index contributed by atoms with van der Waals surface area (Å²) in [5.74, 6) is -12.9. The molecule has 0 aromatic heterocycles. The van der Waals surface area contributed by atoms with Gasteiger partial charge >= 0.3 is 5.97 Å². The van der Waals surface area contributed by atoms with Gasteiger partial charge in [-0.25, -0.2) is 26.7 Å². The SMILES string of the molecule is CCCc1cccc(OC(=O)c2c(F)c(F)c(F)c(F)c2F)c1. The topological polar surface area (TPSA) is 26.3 Å². The third-order valence-corrected chi connectivity index (χ3v) is 3.06. The molecule has 0 saturated heterocycles. The Labute approximate surface area is 128 Å². The minimum atomic E-state index is -2.33. The van der Waals surface area contributed by atoms with Gasteiger partial charge in [-0.2, -0.15) is 0 Å². The van der Waals surface area contributed by atoms with E-state index < -0.39 is 40.6 Å². The van der Waals surface area contributed by atoms with Gasteiger partial charge in [0, 0.05) is 0 Å². The number of hydrogen-bond acceptors (Lipinski definition) is 2. The molecule has 0 amide bonds. The van der Waals surface area contributed by atoms with E-state index >= 15 is 0 Å². The lowest BCUT2D eigenvalue weighted by Gasteiger charge is -2.09. The predicted molar refractivity (Wildman–Crippen MR) is 71.6 cm³/mol. The molecule has 2 aromatic carbocycles. The van der Waals surface area contributed by atoms with E-state index in [9.17, 15) is 26.7 Å². The number of carbonyl (C=O) groups excluding carboxylic acids is 1. The number of rotatable bonds is 4. The van der Waals surface area contributed by atoms with E-state index in [1.807, 2.05) is 6.92 Å².